The van der Waals surface area contributed by atoms with Crippen molar-refractivity contribution in [2.24, 2.45) is 0 Å². The average molecular weight is 361 g/mol. The van der Waals surface area contributed by atoms with Gasteiger partial charge in [0.25, 0.3) is 0 Å². The summed E-state index contributed by atoms with van der Waals surface area (Å²) in [5, 5.41) is 3.46. The highest BCUT2D eigenvalue weighted by atomic mass is 16.5. The van der Waals surface area contributed by atoms with Crippen molar-refractivity contribution >= 4 is 5.69 Å². The van der Waals surface area contributed by atoms with Gasteiger partial charge in [-0.3, -0.25) is 0 Å². The fraction of sp³-hybridized carbons (Fsp3) is 0.250. The molecule has 3 aromatic carbocycles. The quantitative estimate of drug-likeness (QED) is 0.511. The van der Waals surface area contributed by atoms with E-state index in [9.17, 15) is 0 Å². The van der Waals surface area contributed by atoms with Gasteiger partial charge < -0.3 is 14.8 Å². The molecule has 0 fully saturated rings. The summed E-state index contributed by atoms with van der Waals surface area (Å²) in [5.41, 5.74) is 2.33. The van der Waals surface area contributed by atoms with E-state index >= 15 is 0 Å². The molecule has 1 atom stereocenters. The van der Waals surface area contributed by atoms with Crippen LogP contribution in [-0.2, 0) is 6.42 Å². The second kappa shape index (κ2) is 10.3. The van der Waals surface area contributed by atoms with Crippen molar-refractivity contribution in [3.8, 4) is 11.5 Å². The van der Waals surface area contributed by atoms with Crippen molar-refractivity contribution < 1.29 is 9.47 Å². The number of hydrogen-bond acceptors (Lipinski definition) is 3. The maximum Gasteiger partial charge on any atom is 0.121 e. The lowest BCUT2D eigenvalue weighted by Crippen LogP contribution is -2.25. The summed E-state index contributed by atoms with van der Waals surface area (Å²) in [7, 11) is 0. The van der Waals surface area contributed by atoms with Crippen LogP contribution in [0.5, 0.6) is 11.5 Å². The molecule has 0 saturated heterocycles. The minimum atomic E-state index is 0.120. The summed E-state index contributed by atoms with van der Waals surface area (Å²) < 4.78 is 11.9. The lowest BCUT2D eigenvalue weighted by atomic mass is 10.2. The zero-order valence-corrected chi connectivity index (χ0v) is 15.8. The molecule has 3 aromatic rings. The van der Waals surface area contributed by atoms with Gasteiger partial charge in [0.2, 0.25) is 0 Å². The highest BCUT2D eigenvalue weighted by molar-refractivity contribution is 5.48. The lowest BCUT2D eigenvalue weighted by molar-refractivity contribution is 0.210. The Morgan fingerprint density at radius 3 is 2.26 bits per heavy atom. The summed E-state index contributed by atoms with van der Waals surface area (Å²) in [6.07, 6.45) is 1.96. The van der Waals surface area contributed by atoms with Gasteiger partial charge in [-0.2, -0.15) is 0 Å². The molecule has 3 heteroatoms. The molecule has 0 radical (unpaired) electrons. The average Bonchev–Trinajstić information content (AvgIpc) is 2.73. The molecule has 1 unspecified atom stereocenters. The number of rotatable bonds is 10. The van der Waals surface area contributed by atoms with E-state index in [1.165, 1.54) is 5.56 Å². The van der Waals surface area contributed by atoms with Gasteiger partial charge in [0, 0.05) is 18.2 Å². The summed E-state index contributed by atoms with van der Waals surface area (Å²) in [6, 6.07) is 28.5. The predicted molar refractivity (Wildman–Crippen MR) is 112 cm³/mol. The number of nitrogens with one attached hydrogen (secondary N) is 1. The molecule has 27 heavy (non-hydrogen) atoms. The third-order valence-corrected chi connectivity index (χ3v) is 4.37. The van der Waals surface area contributed by atoms with Crippen molar-refractivity contribution in [2.75, 3.05) is 18.5 Å². The lowest BCUT2D eigenvalue weighted by Gasteiger charge is -2.19. The first-order chi connectivity index (χ1) is 13.3. The van der Waals surface area contributed by atoms with Crippen molar-refractivity contribution in [1.82, 2.24) is 0 Å². The Morgan fingerprint density at radius 2 is 1.52 bits per heavy atom. The second-order valence-electron chi connectivity index (χ2n) is 6.45. The SMILES string of the molecule is CCC(CNc1cccc(OCCc2ccccc2)c1)Oc1ccccc1. The molecular weight excluding hydrogens is 334 g/mol. The summed E-state index contributed by atoms with van der Waals surface area (Å²) in [6.45, 7) is 3.55. The minimum absolute atomic E-state index is 0.120. The van der Waals surface area contributed by atoms with Crippen LogP contribution < -0.4 is 14.8 Å². The zero-order chi connectivity index (χ0) is 18.7. The molecule has 0 heterocycles. The van der Waals surface area contributed by atoms with Crippen molar-refractivity contribution in [3.05, 3.63) is 90.5 Å². The van der Waals surface area contributed by atoms with Crippen LogP contribution >= 0.6 is 0 Å². The normalized spacial score (nSPS) is 11.6. The number of hydrogen-bond donors (Lipinski definition) is 1. The molecule has 0 saturated carbocycles. The van der Waals surface area contributed by atoms with E-state index < -0.39 is 0 Å². The summed E-state index contributed by atoms with van der Waals surface area (Å²) in [4.78, 5) is 0. The summed E-state index contributed by atoms with van der Waals surface area (Å²) >= 11 is 0. The first-order valence-corrected chi connectivity index (χ1v) is 9.56. The fourth-order valence-electron chi connectivity index (χ4n) is 2.82. The predicted octanol–water partition coefficient (Wildman–Crippen LogP) is 5.58. The molecule has 0 amide bonds. The Balaban J connectivity index is 1.47. The Kier molecular flexibility index (Phi) is 7.16. The van der Waals surface area contributed by atoms with Crippen LogP contribution in [0.15, 0.2) is 84.9 Å². The molecule has 3 rings (SSSR count). The van der Waals surface area contributed by atoms with Gasteiger partial charge in [0.15, 0.2) is 0 Å². The topological polar surface area (TPSA) is 30.5 Å². The highest BCUT2D eigenvalue weighted by Gasteiger charge is 2.08. The van der Waals surface area contributed by atoms with Crippen LogP contribution in [0.1, 0.15) is 18.9 Å². The van der Waals surface area contributed by atoms with Gasteiger partial charge >= 0.3 is 0 Å². The molecule has 0 bridgehead atoms. The molecular formula is C24H27NO2. The first kappa shape index (κ1) is 18.8. The Labute approximate surface area is 162 Å². The highest BCUT2D eigenvalue weighted by Crippen LogP contribution is 2.19. The van der Waals surface area contributed by atoms with Gasteiger partial charge in [0.1, 0.15) is 17.6 Å². The number of benzene rings is 3. The van der Waals surface area contributed by atoms with Crippen molar-refractivity contribution in [3.63, 3.8) is 0 Å². The molecule has 1 N–H and O–H groups in total. The third-order valence-electron chi connectivity index (χ3n) is 4.37. The van der Waals surface area contributed by atoms with E-state index in [0.29, 0.717) is 6.61 Å². The van der Waals surface area contributed by atoms with Gasteiger partial charge in [-0.05, 0) is 36.2 Å². The van der Waals surface area contributed by atoms with E-state index in [2.05, 4.69) is 42.6 Å². The Morgan fingerprint density at radius 1 is 0.815 bits per heavy atom. The smallest absolute Gasteiger partial charge is 0.121 e. The van der Waals surface area contributed by atoms with Crippen LogP contribution in [0, 0.1) is 0 Å². The largest absolute Gasteiger partial charge is 0.493 e. The minimum Gasteiger partial charge on any atom is -0.493 e. The van der Waals surface area contributed by atoms with E-state index in [1.807, 2.05) is 54.6 Å². The summed E-state index contributed by atoms with van der Waals surface area (Å²) in [5.74, 6) is 1.79. The maximum atomic E-state index is 6.04. The number of para-hydroxylation sites is 1. The van der Waals surface area contributed by atoms with Gasteiger partial charge in [0.05, 0.1) is 13.2 Å². The Hall–Kier alpha value is -2.94. The fourth-order valence-corrected chi connectivity index (χ4v) is 2.82. The molecule has 0 aliphatic carbocycles. The second-order valence-corrected chi connectivity index (χ2v) is 6.45. The molecule has 0 spiro atoms. The van der Waals surface area contributed by atoms with E-state index in [0.717, 1.165) is 36.6 Å². The van der Waals surface area contributed by atoms with Gasteiger partial charge in [-0.25, -0.2) is 0 Å². The van der Waals surface area contributed by atoms with Crippen molar-refractivity contribution in [2.45, 2.75) is 25.9 Å². The molecule has 3 nitrogen and oxygen atoms in total. The Bertz CT molecular complexity index is 790. The van der Waals surface area contributed by atoms with Gasteiger partial charge in [-0.15, -0.1) is 0 Å². The van der Waals surface area contributed by atoms with Gasteiger partial charge in [-0.1, -0.05) is 61.5 Å². The number of anilines is 1. The van der Waals surface area contributed by atoms with Crippen LogP contribution in [0.2, 0.25) is 0 Å². The molecule has 140 valence electrons. The standard InChI is InChI=1S/C24H27NO2/c1-2-22(27-23-13-7-4-8-14-23)19-25-21-12-9-15-24(18-21)26-17-16-20-10-5-3-6-11-20/h3-15,18,22,25H,2,16-17,19H2,1H3. The zero-order valence-electron chi connectivity index (χ0n) is 15.8. The van der Waals surface area contributed by atoms with Crippen LogP contribution in [0.3, 0.4) is 0 Å². The monoisotopic (exact) mass is 361 g/mol. The molecule has 0 aromatic heterocycles. The van der Waals surface area contributed by atoms with E-state index in [4.69, 9.17) is 9.47 Å². The van der Waals surface area contributed by atoms with Crippen LogP contribution in [0.4, 0.5) is 5.69 Å². The third kappa shape index (κ3) is 6.37. The van der Waals surface area contributed by atoms with E-state index in [-0.39, 0.29) is 6.10 Å². The van der Waals surface area contributed by atoms with Crippen LogP contribution in [0.25, 0.3) is 0 Å². The van der Waals surface area contributed by atoms with Crippen molar-refractivity contribution in [1.29, 1.82) is 0 Å². The first-order valence-electron chi connectivity index (χ1n) is 9.56. The molecule has 0 aliphatic heterocycles. The maximum absolute atomic E-state index is 6.04. The van der Waals surface area contributed by atoms with Crippen LogP contribution in [-0.4, -0.2) is 19.3 Å². The number of ether oxygens (including phenoxy) is 2. The molecule has 0 aliphatic rings. The van der Waals surface area contributed by atoms with E-state index in [1.54, 1.807) is 0 Å².